The highest BCUT2D eigenvalue weighted by Gasteiger charge is 2.25. The predicted octanol–water partition coefficient (Wildman–Crippen LogP) is 2.46. The van der Waals surface area contributed by atoms with Crippen molar-refractivity contribution in [2.24, 2.45) is 0 Å². The monoisotopic (exact) mass is 199 g/mol. The summed E-state index contributed by atoms with van der Waals surface area (Å²) in [5, 5.41) is 13.2. The van der Waals surface area contributed by atoms with Gasteiger partial charge in [-0.15, -0.1) is 0 Å². The summed E-state index contributed by atoms with van der Waals surface area (Å²) >= 11 is 0. The topological polar surface area (TPSA) is 32.3 Å². The van der Waals surface area contributed by atoms with Crippen LogP contribution in [0.4, 0.5) is 0 Å². The van der Waals surface area contributed by atoms with Crippen LogP contribution in [0, 0.1) is 0 Å². The summed E-state index contributed by atoms with van der Waals surface area (Å²) in [5.74, 6) is 0. The first-order valence-electron chi connectivity index (χ1n) is 6.18. The molecule has 1 saturated carbocycles. The van der Waals surface area contributed by atoms with Gasteiger partial charge in [0.25, 0.3) is 0 Å². The lowest BCUT2D eigenvalue weighted by atomic mass is 10.1. The molecule has 0 aliphatic heterocycles. The summed E-state index contributed by atoms with van der Waals surface area (Å²) in [6.45, 7) is 4.47. The maximum absolute atomic E-state index is 9.65. The van der Waals surface area contributed by atoms with Crippen LogP contribution in [0.2, 0.25) is 0 Å². The average molecular weight is 199 g/mol. The van der Waals surface area contributed by atoms with Crippen molar-refractivity contribution in [1.29, 1.82) is 0 Å². The van der Waals surface area contributed by atoms with Gasteiger partial charge in [-0.05, 0) is 32.6 Å². The number of unbranched alkanes of at least 4 members (excludes halogenated alkanes) is 2. The van der Waals surface area contributed by atoms with Crippen molar-refractivity contribution in [2.75, 3.05) is 0 Å². The van der Waals surface area contributed by atoms with Crippen molar-refractivity contribution in [1.82, 2.24) is 5.32 Å². The molecular weight excluding hydrogens is 174 g/mol. The molecule has 1 aliphatic rings. The number of hydrogen-bond acceptors (Lipinski definition) is 2. The third-order valence-electron chi connectivity index (χ3n) is 3.22. The van der Waals surface area contributed by atoms with E-state index in [1.807, 2.05) is 0 Å². The van der Waals surface area contributed by atoms with E-state index in [9.17, 15) is 5.11 Å². The van der Waals surface area contributed by atoms with E-state index in [2.05, 4.69) is 19.2 Å². The van der Waals surface area contributed by atoms with Crippen LogP contribution in [0.1, 0.15) is 58.8 Å². The van der Waals surface area contributed by atoms with E-state index in [1.54, 1.807) is 0 Å². The maximum Gasteiger partial charge on any atom is 0.0693 e. The van der Waals surface area contributed by atoms with Crippen LogP contribution >= 0.6 is 0 Å². The molecule has 1 unspecified atom stereocenters. The molecule has 0 saturated heterocycles. The van der Waals surface area contributed by atoms with Crippen LogP contribution in [0.25, 0.3) is 0 Å². The quantitative estimate of drug-likeness (QED) is 0.644. The molecule has 2 heteroatoms. The second-order valence-electron chi connectivity index (χ2n) is 4.67. The molecule has 84 valence electrons. The van der Waals surface area contributed by atoms with Crippen LogP contribution in [0.3, 0.4) is 0 Å². The third-order valence-corrected chi connectivity index (χ3v) is 3.22. The van der Waals surface area contributed by atoms with Gasteiger partial charge in [-0.1, -0.05) is 26.2 Å². The molecule has 1 rings (SSSR count). The van der Waals surface area contributed by atoms with E-state index >= 15 is 0 Å². The van der Waals surface area contributed by atoms with Crippen molar-refractivity contribution in [2.45, 2.75) is 77.0 Å². The van der Waals surface area contributed by atoms with Gasteiger partial charge in [-0.2, -0.15) is 0 Å². The second-order valence-corrected chi connectivity index (χ2v) is 4.67. The summed E-state index contributed by atoms with van der Waals surface area (Å²) in [7, 11) is 0. The highest BCUT2D eigenvalue weighted by atomic mass is 16.3. The SMILES string of the molecule is CCCCCC(C)N[C@H]1CCC[C@@H]1O. The molecule has 0 amide bonds. The Bertz CT molecular complexity index is 149. The smallest absolute Gasteiger partial charge is 0.0693 e. The van der Waals surface area contributed by atoms with Gasteiger partial charge in [0.05, 0.1) is 6.10 Å². The average Bonchev–Trinajstić information content (AvgIpc) is 2.52. The minimum atomic E-state index is -0.0939. The summed E-state index contributed by atoms with van der Waals surface area (Å²) < 4.78 is 0. The van der Waals surface area contributed by atoms with Gasteiger partial charge < -0.3 is 10.4 Å². The molecule has 0 aromatic carbocycles. The number of nitrogens with one attached hydrogen (secondary N) is 1. The van der Waals surface area contributed by atoms with Crippen molar-refractivity contribution in [3.05, 3.63) is 0 Å². The lowest BCUT2D eigenvalue weighted by Gasteiger charge is -2.21. The van der Waals surface area contributed by atoms with Crippen LogP contribution < -0.4 is 5.32 Å². The zero-order valence-electron chi connectivity index (χ0n) is 9.63. The Morgan fingerprint density at radius 2 is 2.14 bits per heavy atom. The van der Waals surface area contributed by atoms with Crippen molar-refractivity contribution >= 4 is 0 Å². The van der Waals surface area contributed by atoms with E-state index in [4.69, 9.17) is 0 Å². The third kappa shape index (κ3) is 3.97. The van der Waals surface area contributed by atoms with Gasteiger partial charge in [0.2, 0.25) is 0 Å². The predicted molar refractivity (Wildman–Crippen MR) is 60.4 cm³/mol. The molecule has 0 aromatic heterocycles. The van der Waals surface area contributed by atoms with Crippen LogP contribution in [0.5, 0.6) is 0 Å². The Hall–Kier alpha value is -0.0800. The first-order chi connectivity index (χ1) is 6.74. The number of hydrogen-bond donors (Lipinski definition) is 2. The normalized spacial score (nSPS) is 29.4. The molecule has 0 heterocycles. The fourth-order valence-corrected chi connectivity index (χ4v) is 2.28. The second kappa shape index (κ2) is 6.41. The summed E-state index contributed by atoms with van der Waals surface area (Å²) in [4.78, 5) is 0. The number of aliphatic hydroxyl groups is 1. The molecule has 1 aliphatic carbocycles. The van der Waals surface area contributed by atoms with Crippen molar-refractivity contribution < 1.29 is 5.11 Å². The Kier molecular flexibility index (Phi) is 5.49. The molecule has 0 radical (unpaired) electrons. The van der Waals surface area contributed by atoms with E-state index < -0.39 is 0 Å². The fraction of sp³-hybridized carbons (Fsp3) is 1.00. The van der Waals surface area contributed by atoms with Crippen molar-refractivity contribution in [3.63, 3.8) is 0 Å². The minimum absolute atomic E-state index is 0.0939. The van der Waals surface area contributed by atoms with E-state index in [0.717, 1.165) is 12.8 Å². The molecule has 3 atom stereocenters. The highest BCUT2D eigenvalue weighted by Crippen LogP contribution is 2.19. The van der Waals surface area contributed by atoms with Gasteiger partial charge in [0.15, 0.2) is 0 Å². The van der Waals surface area contributed by atoms with Crippen LogP contribution in [-0.4, -0.2) is 23.3 Å². The van der Waals surface area contributed by atoms with Crippen LogP contribution in [0.15, 0.2) is 0 Å². The maximum atomic E-state index is 9.65. The number of aliphatic hydroxyl groups excluding tert-OH is 1. The first-order valence-corrected chi connectivity index (χ1v) is 6.18. The van der Waals surface area contributed by atoms with E-state index in [-0.39, 0.29) is 6.10 Å². The lowest BCUT2D eigenvalue weighted by molar-refractivity contribution is 0.143. The molecule has 0 bridgehead atoms. The van der Waals surface area contributed by atoms with Crippen LogP contribution in [-0.2, 0) is 0 Å². The summed E-state index contributed by atoms with van der Waals surface area (Å²) in [6, 6.07) is 0.936. The van der Waals surface area contributed by atoms with Gasteiger partial charge in [-0.3, -0.25) is 0 Å². The molecule has 0 aromatic rings. The molecule has 1 fully saturated rings. The summed E-state index contributed by atoms with van der Waals surface area (Å²) in [6.07, 6.45) is 8.41. The Morgan fingerprint density at radius 1 is 1.36 bits per heavy atom. The standard InChI is InChI=1S/C12H25NO/c1-3-4-5-7-10(2)13-11-8-6-9-12(11)14/h10-14H,3-9H2,1-2H3/t10?,11-,12-/m0/s1. The van der Waals surface area contributed by atoms with Gasteiger partial charge in [-0.25, -0.2) is 0 Å². The highest BCUT2D eigenvalue weighted by molar-refractivity contribution is 4.84. The zero-order chi connectivity index (χ0) is 10.4. The first kappa shape index (κ1) is 12.0. The van der Waals surface area contributed by atoms with Gasteiger partial charge >= 0.3 is 0 Å². The van der Waals surface area contributed by atoms with Gasteiger partial charge in [0, 0.05) is 12.1 Å². The van der Waals surface area contributed by atoms with Gasteiger partial charge in [0.1, 0.15) is 0 Å². The number of rotatable bonds is 6. The zero-order valence-corrected chi connectivity index (χ0v) is 9.63. The lowest BCUT2D eigenvalue weighted by Crippen LogP contribution is -2.41. The minimum Gasteiger partial charge on any atom is -0.392 e. The Balaban J connectivity index is 2.09. The van der Waals surface area contributed by atoms with E-state index in [1.165, 1.54) is 32.1 Å². The molecule has 14 heavy (non-hydrogen) atoms. The molecule has 2 nitrogen and oxygen atoms in total. The molecule has 2 N–H and O–H groups in total. The molecule has 0 spiro atoms. The van der Waals surface area contributed by atoms with E-state index in [0.29, 0.717) is 12.1 Å². The Morgan fingerprint density at radius 3 is 2.71 bits per heavy atom. The fourth-order valence-electron chi connectivity index (χ4n) is 2.28. The largest absolute Gasteiger partial charge is 0.392 e. The summed E-state index contributed by atoms with van der Waals surface area (Å²) in [5.41, 5.74) is 0. The molecular formula is C12H25NO. The Labute approximate surface area is 88.1 Å². The van der Waals surface area contributed by atoms with Crippen molar-refractivity contribution in [3.8, 4) is 0 Å².